The van der Waals surface area contributed by atoms with Gasteiger partial charge in [0.05, 0.1) is 17.6 Å². The highest BCUT2D eigenvalue weighted by Gasteiger charge is 2.46. The predicted molar refractivity (Wildman–Crippen MR) is 113 cm³/mol. The van der Waals surface area contributed by atoms with Crippen LogP contribution in [0, 0.1) is 5.82 Å². The van der Waals surface area contributed by atoms with Crippen LogP contribution in [-0.4, -0.2) is 58.1 Å². The van der Waals surface area contributed by atoms with Crippen LogP contribution in [0.4, 0.5) is 17.6 Å². The fraction of sp³-hybridized carbons (Fsp3) is 0.333. The number of halogens is 4. The summed E-state index contributed by atoms with van der Waals surface area (Å²) in [7, 11) is -2.91. The van der Waals surface area contributed by atoms with Gasteiger partial charge in [-0.05, 0) is 23.8 Å². The summed E-state index contributed by atoms with van der Waals surface area (Å²) >= 11 is 0. The van der Waals surface area contributed by atoms with Crippen molar-refractivity contribution in [2.24, 2.45) is 0 Å². The maximum Gasteiger partial charge on any atom is 0.401 e. The van der Waals surface area contributed by atoms with Crippen molar-refractivity contribution in [2.75, 3.05) is 32.0 Å². The molecule has 1 aromatic heterocycles. The smallest absolute Gasteiger partial charge is 0.288 e. The van der Waals surface area contributed by atoms with Crippen molar-refractivity contribution in [1.82, 2.24) is 15.1 Å². The SMILES string of the molecule is O=c1[nH]nc(Cc2ccc(F)c([P+]3(O)CCN(CC(F)(F)F)CC3)c2)c2ccccc12. The number of nitrogens with one attached hydrogen (secondary N) is 1. The first-order valence-corrected chi connectivity index (χ1v) is 11.9. The molecule has 0 saturated carbocycles. The molecule has 4 rings (SSSR count). The van der Waals surface area contributed by atoms with E-state index in [1.807, 2.05) is 0 Å². The molecule has 0 amide bonds. The lowest BCUT2D eigenvalue weighted by atomic mass is 10.0. The Morgan fingerprint density at radius 2 is 1.77 bits per heavy atom. The number of rotatable bonds is 4. The molecule has 0 radical (unpaired) electrons. The molecule has 31 heavy (non-hydrogen) atoms. The number of alkyl halides is 3. The molecule has 0 aliphatic carbocycles. The van der Waals surface area contributed by atoms with Crippen LogP contribution in [0.2, 0.25) is 0 Å². The molecule has 0 bridgehead atoms. The van der Waals surface area contributed by atoms with Gasteiger partial charge in [-0.15, -0.1) is 0 Å². The van der Waals surface area contributed by atoms with Crippen molar-refractivity contribution < 1.29 is 22.5 Å². The van der Waals surface area contributed by atoms with Gasteiger partial charge >= 0.3 is 6.18 Å². The lowest BCUT2D eigenvalue weighted by Crippen LogP contribution is -2.44. The third-order valence-electron chi connectivity index (χ3n) is 5.58. The Bertz CT molecular complexity index is 1160. The number of aromatic nitrogens is 2. The Hall–Kier alpha value is -2.35. The van der Waals surface area contributed by atoms with E-state index in [-0.39, 0.29) is 36.3 Å². The Kier molecular flexibility index (Phi) is 5.85. The summed E-state index contributed by atoms with van der Waals surface area (Å²) in [4.78, 5) is 24.4. The summed E-state index contributed by atoms with van der Waals surface area (Å²) in [5.74, 6) is -0.553. The van der Waals surface area contributed by atoms with E-state index in [4.69, 9.17) is 0 Å². The van der Waals surface area contributed by atoms with Crippen LogP contribution in [0.3, 0.4) is 0 Å². The average molecular weight is 454 g/mol. The number of nitrogens with zero attached hydrogens (tertiary/aromatic N) is 2. The first kappa shape index (κ1) is 21.9. The van der Waals surface area contributed by atoms with Gasteiger partial charge in [0.15, 0.2) is 18.6 Å². The van der Waals surface area contributed by atoms with Crippen LogP contribution in [-0.2, 0) is 6.42 Å². The fourth-order valence-electron chi connectivity index (χ4n) is 3.98. The molecule has 0 unspecified atom stereocenters. The fourth-order valence-corrected chi connectivity index (χ4v) is 6.79. The summed E-state index contributed by atoms with van der Waals surface area (Å²) in [5.41, 5.74) is 1.01. The van der Waals surface area contributed by atoms with E-state index in [0.717, 1.165) is 0 Å². The molecule has 0 atom stereocenters. The normalized spacial score (nSPS) is 17.2. The van der Waals surface area contributed by atoms with E-state index < -0.39 is 26.0 Å². The van der Waals surface area contributed by atoms with Crippen molar-refractivity contribution in [3.05, 3.63) is 69.9 Å². The minimum atomic E-state index is -4.30. The summed E-state index contributed by atoms with van der Waals surface area (Å²) in [6.45, 7) is -0.889. The largest absolute Gasteiger partial charge is 0.401 e. The van der Waals surface area contributed by atoms with E-state index >= 15 is 0 Å². The highest BCUT2D eigenvalue weighted by Crippen LogP contribution is 2.55. The second-order valence-corrected chi connectivity index (χ2v) is 11.0. The second kappa shape index (κ2) is 8.30. The van der Waals surface area contributed by atoms with Gasteiger partial charge in [-0.1, -0.05) is 24.3 Å². The zero-order valence-electron chi connectivity index (χ0n) is 16.5. The molecule has 1 aliphatic heterocycles. The van der Waals surface area contributed by atoms with E-state index in [9.17, 15) is 27.2 Å². The topological polar surface area (TPSA) is 69.2 Å². The molecule has 164 valence electrons. The number of aromatic amines is 1. The van der Waals surface area contributed by atoms with Crippen molar-refractivity contribution >= 4 is 23.6 Å². The van der Waals surface area contributed by atoms with Crippen molar-refractivity contribution in [2.45, 2.75) is 12.6 Å². The van der Waals surface area contributed by atoms with Crippen molar-refractivity contribution in [1.29, 1.82) is 0 Å². The zero-order valence-corrected chi connectivity index (χ0v) is 17.4. The Balaban J connectivity index is 1.59. The van der Waals surface area contributed by atoms with Gasteiger partial charge in [-0.3, -0.25) is 9.69 Å². The van der Waals surface area contributed by atoms with Crippen molar-refractivity contribution in [3.8, 4) is 0 Å². The minimum Gasteiger partial charge on any atom is -0.288 e. The second-order valence-electron chi connectivity index (χ2n) is 7.77. The molecular weight excluding hydrogens is 433 g/mol. The minimum absolute atomic E-state index is 0.0690. The Labute approximate surface area is 176 Å². The molecule has 5 nitrogen and oxygen atoms in total. The highest BCUT2D eigenvalue weighted by atomic mass is 31.2. The van der Waals surface area contributed by atoms with Gasteiger partial charge in [-0.25, -0.2) is 14.4 Å². The van der Waals surface area contributed by atoms with Crippen LogP contribution >= 0.6 is 7.49 Å². The molecule has 3 aromatic rings. The monoisotopic (exact) mass is 454 g/mol. The Morgan fingerprint density at radius 1 is 1.10 bits per heavy atom. The van der Waals surface area contributed by atoms with Gasteiger partial charge in [0.25, 0.3) is 5.56 Å². The quantitative estimate of drug-likeness (QED) is 0.470. The van der Waals surface area contributed by atoms with Gasteiger partial charge in [0.1, 0.15) is 12.3 Å². The van der Waals surface area contributed by atoms with E-state index in [0.29, 0.717) is 28.5 Å². The summed E-state index contributed by atoms with van der Waals surface area (Å²) in [6.07, 6.45) is -3.76. The van der Waals surface area contributed by atoms with Crippen molar-refractivity contribution in [3.63, 3.8) is 0 Å². The van der Waals surface area contributed by atoms with Crippen LogP contribution in [0.1, 0.15) is 11.3 Å². The first-order valence-electron chi connectivity index (χ1n) is 9.79. The third-order valence-corrected chi connectivity index (χ3v) is 8.70. The number of H-pyrrole nitrogens is 1. The summed E-state index contributed by atoms with van der Waals surface area (Å²) in [6, 6.07) is 11.5. The maximum absolute atomic E-state index is 14.6. The van der Waals surface area contributed by atoms with Crippen LogP contribution in [0.25, 0.3) is 10.8 Å². The van der Waals surface area contributed by atoms with Gasteiger partial charge < -0.3 is 0 Å². The van der Waals surface area contributed by atoms with E-state index in [1.54, 1.807) is 36.4 Å². The van der Waals surface area contributed by atoms with Crippen LogP contribution in [0.5, 0.6) is 0 Å². The molecule has 10 heteroatoms. The average Bonchev–Trinajstić information content (AvgIpc) is 2.72. The standard InChI is InChI=1S/C21H20F4N3O2P/c22-17-6-5-14(11-18-15-3-1-2-4-16(15)20(29)27-26-18)12-19(17)31(30)9-7-28(8-10-31)13-21(23,24)25/h1-6,12,30H,7-11,13H2/p+1. The molecule has 1 aliphatic rings. The predicted octanol–water partition coefficient (Wildman–Crippen LogP) is 3.08. The number of benzene rings is 2. The van der Waals surface area contributed by atoms with Gasteiger partial charge in [0.2, 0.25) is 0 Å². The lowest BCUT2D eigenvalue weighted by molar-refractivity contribution is -0.145. The maximum atomic E-state index is 14.6. The first-order chi connectivity index (χ1) is 14.6. The third kappa shape index (κ3) is 4.79. The van der Waals surface area contributed by atoms with Crippen LogP contribution < -0.4 is 10.9 Å². The van der Waals surface area contributed by atoms with E-state index in [1.165, 1.54) is 11.0 Å². The Morgan fingerprint density at radius 3 is 2.45 bits per heavy atom. The molecular formula is C21H21F4N3O2P+. The summed E-state index contributed by atoms with van der Waals surface area (Å²) < 4.78 is 52.5. The molecule has 1 saturated heterocycles. The summed E-state index contributed by atoms with van der Waals surface area (Å²) in [5, 5.41) is 7.96. The van der Waals surface area contributed by atoms with E-state index in [2.05, 4.69) is 10.2 Å². The van der Waals surface area contributed by atoms with Crippen LogP contribution in [0.15, 0.2) is 47.3 Å². The highest BCUT2D eigenvalue weighted by molar-refractivity contribution is 7.77. The van der Waals surface area contributed by atoms with Gasteiger partial charge in [-0.2, -0.15) is 18.3 Å². The molecule has 1 fully saturated rings. The number of hydrogen-bond donors (Lipinski definition) is 2. The number of fused-ring (bicyclic) bond motifs is 1. The molecule has 2 aromatic carbocycles. The number of hydrogen-bond acceptors (Lipinski definition) is 4. The zero-order chi connectivity index (χ0) is 22.2. The van der Waals surface area contributed by atoms with Gasteiger partial charge in [0, 0.05) is 24.9 Å². The molecule has 2 heterocycles. The molecule has 0 spiro atoms. The lowest BCUT2D eigenvalue weighted by Gasteiger charge is -2.32. The molecule has 2 N–H and O–H groups in total.